The van der Waals surface area contributed by atoms with Crippen LogP contribution in [-0.2, 0) is 0 Å². The smallest absolute Gasteiger partial charge is 0.268 e. The van der Waals surface area contributed by atoms with Crippen molar-refractivity contribution in [1.29, 1.82) is 0 Å². The molecule has 100 valence electrons. The summed E-state index contributed by atoms with van der Waals surface area (Å²) in [6.45, 7) is 2.10. The minimum atomic E-state index is 0.0390. The number of hydrogen-bond donors (Lipinski definition) is 1. The highest BCUT2D eigenvalue weighted by molar-refractivity contribution is 7.10. The average Bonchev–Trinajstić information content (AvgIpc) is 2.96. The first kappa shape index (κ1) is 12.5. The lowest BCUT2D eigenvalue weighted by Crippen LogP contribution is -2.29. The predicted molar refractivity (Wildman–Crippen MR) is 77.5 cm³/mol. The number of rotatable bonds is 5. The number of carbonyl (C=O) groups is 1. The molecule has 0 bridgehead atoms. The second-order valence-corrected chi connectivity index (χ2v) is 5.96. The lowest BCUT2D eigenvalue weighted by atomic mass is 10.2. The van der Waals surface area contributed by atoms with Crippen molar-refractivity contribution in [3.05, 3.63) is 46.4 Å². The van der Waals surface area contributed by atoms with Crippen molar-refractivity contribution < 1.29 is 4.79 Å². The van der Waals surface area contributed by atoms with Gasteiger partial charge in [0.05, 0.1) is 6.04 Å². The van der Waals surface area contributed by atoms with Crippen LogP contribution in [0.5, 0.6) is 0 Å². The van der Waals surface area contributed by atoms with Crippen molar-refractivity contribution in [2.24, 2.45) is 0 Å². The Bertz CT molecular complexity index is 554. The van der Waals surface area contributed by atoms with Gasteiger partial charge in [0.25, 0.3) is 5.91 Å². The van der Waals surface area contributed by atoms with Gasteiger partial charge in [-0.05, 0) is 42.8 Å². The van der Waals surface area contributed by atoms with E-state index in [1.54, 1.807) is 11.3 Å². The van der Waals surface area contributed by atoms with Crippen molar-refractivity contribution in [3.63, 3.8) is 0 Å². The Hall–Kier alpha value is -1.55. The highest BCUT2D eigenvalue weighted by atomic mass is 32.1. The Balaban J connectivity index is 1.75. The molecule has 0 radical (unpaired) electrons. The Kier molecular flexibility index (Phi) is 3.42. The Morgan fingerprint density at radius 3 is 2.95 bits per heavy atom. The molecule has 19 heavy (non-hydrogen) atoms. The topological polar surface area (TPSA) is 34.0 Å². The number of thiophene rings is 1. The summed E-state index contributed by atoms with van der Waals surface area (Å²) in [5.41, 5.74) is 0.789. The average molecular weight is 274 g/mol. The van der Waals surface area contributed by atoms with Gasteiger partial charge in [-0.15, -0.1) is 11.3 Å². The van der Waals surface area contributed by atoms with Crippen LogP contribution in [0.3, 0.4) is 0 Å². The number of nitrogens with one attached hydrogen (secondary N) is 1. The fourth-order valence-corrected chi connectivity index (χ4v) is 3.21. The summed E-state index contributed by atoms with van der Waals surface area (Å²) in [7, 11) is 0. The van der Waals surface area contributed by atoms with Crippen LogP contribution < -0.4 is 5.32 Å². The van der Waals surface area contributed by atoms with Gasteiger partial charge < -0.3 is 9.88 Å². The van der Waals surface area contributed by atoms with Crippen LogP contribution in [-0.4, -0.2) is 10.5 Å². The van der Waals surface area contributed by atoms with Crippen LogP contribution in [0, 0.1) is 0 Å². The maximum atomic E-state index is 12.4. The fraction of sp³-hybridized carbons (Fsp3) is 0.400. The molecule has 1 N–H and O–H groups in total. The minimum Gasteiger partial charge on any atom is -0.343 e. The first-order valence-corrected chi connectivity index (χ1v) is 7.68. The SMILES string of the molecule is CC[C@H](NC(=O)c1cccn1C1CC1)c1cccs1. The molecule has 2 aromatic rings. The van der Waals surface area contributed by atoms with Crippen LogP contribution in [0.1, 0.15) is 53.6 Å². The van der Waals surface area contributed by atoms with Gasteiger partial charge in [-0.1, -0.05) is 13.0 Å². The normalized spacial score (nSPS) is 16.3. The molecule has 1 saturated carbocycles. The standard InChI is InChI=1S/C15H18N2OS/c1-2-12(14-6-4-10-19-14)16-15(18)13-5-3-9-17(13)11-7-8-11/h3-6,9-12H,2,7-8H2,1H3,(H,16,18)/t12-/m0/s1. The van der Waals surface area contributed by atoms with E-state index in [1.807, 2.05) is 24.4 Å². The third-order valence-electron chi connectivity index (χ3n) is 3.55. The van der Waals surface area contributed by atoms with Crippen LogP contribution >= 0.6 is 11.3 Å². The molecule has 1 aliphatic carbocycles. The van der Waals surface area contributed by atoms with Gasteiger partial charge in [-0.2, -0.15) is 0 Å². The van der Waals surface area contributed by atoms with E-state index < -0.39 is 0 Å². The second kappa shape index (κ2) is 5.21. The zero-order chi connectivity index (χ0) is 13.2. The Morgan fingerprint density at radius 2 is 2.32 bits per heavy atom. The van der Waals surface area contributed by atoms with Crippen LogP contribution in [0.25, 0.3) is 0 Å². The molecule has 0 spiro atoms. The van der Waals surface area contributed by atoms with Crippen LogP contribution in [0.2, 0.25) is 0 Å². The van der Waals surface area contributed by atoms with Crippen molar-refractivity contribution >= 4 is 17.2 Å². The van der Waals surface area contributed by atoms with Crippen molar-refractivity contribution in [1.82, 2.24) is 9.88 Å². The Morgan fingerprint density at radius 1 is 1.47 bits per heavy atom. The molecule has 0 aromatic carbocycles. The van der Waals surface area contributed by atoms with Gasteiger partial charge in [0.1, 0.15) is 5.69 Å². The quantitative estimate of drug-likeness (QED) is 0.885. The van der Waals surface area contributed by atoms with Crippen LogP contribution in [0.15, 0.2) is 35.8 Å². The van der Waals surface area contributed by atoms with E-state index >= 15 is 0 Å². The summed E-state index contributed by atoms with van der Waals surface area (Å²) in [5.74, 6) is 0.0390. The van der Waals surface area contributed by atoms with Gasteiger partial charge in [-0.25, -0.2) is 0 Å². The molecule has 3 rings (SSSR count). The summed E-state index contributed by atoms with van der Waals surface area (Å²) in [6.07, 6.45) is 5.31. The molecular weight excluding hydrogens is 256 g/mol. The second-order valence-electron chi connectivity index (χ2n) is 4.98. The highest BCUT2D eigenvalue weighted by Crippen LogP contribution is 2.36. The molecule has 0 aliphatic heterocycles. The van der Waals surface area contributed by atoms with Gasteiger partial charge in [0.15, 0.2) is 0 Å². The molecule has 1 atom stereocenters. The Labute approximate surface area is 117 Å². The molecule has 1 amide bonds. The molecule has 1 aliphatic rings. The number of nitrogens with zero attached hydrogens (tertiary/aromatic N) is 1. The summed E-state index contributed by atoms with van der Waals surface area (Å²) >= 11 is 1.70. The highest BCUT2D eigenvalue weighted by Gasteiger charge is 2.27. The molecule has 4 heteroatoms. The largest absolute Gasteiger partial charge is 0.343 e. The van der Waals surface area contributed by atoms with Gasteiger partial charge in [0, 0.05) is 17.1 Å². The van der Waals surface area contributed by atoms with E-state index in [9.17, 15) is 4.79 Å². The molecule has 0 saturated heterocycles. The molecule has 3 nitrogen and oxygen atoms in total. The third-order valence-corrected chi connectivity index (χ3v) is 4.54. The van der Waals surface area contributed by atoms with Crippen molar-refractivity contribution in [2.75, 3.05) is 0 Å². The monoisotopic (exact) mass is 274 g/mol. The van der Waals surface area contributed by atoms with E-state index in [4.69, 9.17) is 0 Å². The summed E-state index contributed by atoms with van der Waals surface area (Å²) in [4.78, 5) is 13.6. The number of carbonyl (C=O) groups excluding carboxylic acids is 1. The lowest BCUT2D eigenvalue weighted by molar-refractivity contribution is 0.0926. The van der Waals surface area contributed by atoms with E-state index in [0.717, 1.165) is 12.1 Å². The van der Waals surface area contributed by atoms with Gasteiger partial charge >= 0.3 is 0 Å². The van der Waals surface area contributed by atoms with Crippen LogP contribution in [0.4, 0.5) is 0 Å². The molecule has 1 fully saturated rings. The first-order valence-electron chi connectivity index (χ1n) is 6.80. The van der Waals surface area contributed by atoms with Crippen molar-refractivity contribution in [2.45, 2.75) is 38.3 Å². The summed E-state index contributed by atoms with van der Waals surface area (Å²) in [5, 5.41) is 5.20. The maximum Gasteiger partial charge on any atom is 0.268 e. The van der Waals surface area contributed by atoms with E-state index in [1.165, 1.54) is 17.7 Å². The third kappa shape index (κ3) is 2.59. The van der Waals surface area contributed by atoms with Gasteiger partial charge in [-0.3, -0.25) is 4.79 Å². The summed E-state index contributed by atoms with van der Waals surface area (Å²) < 4.78 is 2.11. The van der Waals surface area contributed by atoms with E-state index in [2.05, 4.69) is 28.3 Å². The molecule has 2 heterocycles. The molecule has 2 aromatic heterocycles. The van der Waals surface area contributed by atoms with Gasteiger partial charge in [0.2, 0.25) is 0 Å². The zero-order valence-electron chi connectivity index (χ0n) is 11.0. The van der Waals surface area contributed by atoms with E-state index in [0.29, 0.717) is 6.04 Å². The number of amides is 1. The van der Waals surface area contributed by atoms with E-state index in [-0.39, 0.29) is 11.9 Å². The molecule has 0 unspecified atom stereocenters. The fourth-order valence-electron chi connectivity index (χ4n) is 2.35. The number of aromatic nitrogens is 1. The molecular formula is C15H18N2OS. The number of hydrogen-bond acceptors (Lipinski definition) is 2. The van der Waals surface area contributed by atoms with Crippen molar-refractivity contribution in [3.8, 4) is 0 Å². The maximum absolute atomic E-state index is 12.4. The summed E-state index contributed by atoms with van der Waals surface area (Å²) in [6, 6.07) is 8.64. The first-order chi connectivity index (χ1) is 9.29. The zero-order valence-corrected chi connectivity index (χ0v) is 11.8. The predicted octanol–water partition coefficient (Wildman–Crippen LogP) is 3.77. The lowest BCUT2D eigenvalue weighted by Gasteiger charge is -2.16. The minimum absolute atomic E-state index is 0.0390.